The molecular weight excluding hydrogens is 104 g/mol. The van der Waals surface area contributed by atoms with Crippen LogP contribution in [0.25, 0.3) is 0 Å². The van der Waals surface area contributed by atoms with Crippen molar-refractivity contribution < 1.29 is 7.65 Å². The van der Waals surface area contributed by atoms with Crippen molar-refractivity contribution >= 4 is 55.1 Å². The van der Waals surface area contributed by atoms with Crippen molar-refractivity contribution in [2.75, 3.05) is 0 Å². The molecule has 0 saturated carbocycles. The number of carbonyl (C=O) groups is 1. The van der Waals surface area contributed by atoms with Crippen LogP contribution in [0.1, 0.15) is 2.85 Å². The molecule has 0 heterocycles. The summed E-state index contributed by atoms with van der Waals surface area (Å²) in [6.45, 7) is 0. The van der Waals surface area contributed by atoms with Gasteiger partial charge in [-0.1, -0.05) is 0 Å². The van der Waals surface area contributed by atoms with Crippen molar-refractivity contribution in [3.63, 3.8) is 0 Å². The smallest absolute Gasteiger partial charge is 1.00 e. The molecule has 0 spiro atoms. The molecule has 22 valence electrons. The Bertz CT molecular complexity index is 21.0. The van der Waals surface area contributed by atoms with Gasteiger partial charge < -0.3 is 2.85 Å². The molecule has 4 heavy (non-hydrogen) atoms. The molecule has 0 saturated heterocycles. The molecule has 1 nitrogen and oxygen atoms in total. The Morgan fingerprint density at radius 1 is 2.00 bits per heavy atom. The van der Waals surface area contributed by atoms with Crippen LogP contribution in [-0.4, -0.2) is 43.5 Å². The summed E-state index contributed by atoms with van der Waals surface area (Å²) in [4.78, 5) is 8.57. The SMILES string of the molecule is O=CCl.[Ca+2].[H-].[H-]. The molecule has 0 amide bonds. The fourth-order valence-electron chi connectivity index (χ4n) is 0. The van der Waals surface area contributed by atoms with E-state index >= 15 is 0 Å². The number of halogens is 1. The van der Waals surface area contributed by atoms with Gasteiger partial charge in [0.05, 0.1) is 0 Å². The van der Waals surface area contributed by atoms with Crippen molar-refractivity contribution in [2.24, 2.45) is 0 Å². The maximum absolute atomic E-state index is 8.57. The standard InChI is InChI=1S/CHClO.Ca.2H/c2-1-3;;;/h1H;;;/q;+2;2*-1. The maximum atomic E-state index is 8.57. The average molecular weight is 107 g/mol. The summed E-state index contributed by atoms with van der Waals surface area (Å²) in [6, 6.07) is 0. The molecule has 0 aromatic carbocycles. The summed E-state index contributed by atoms with van der Waals surface area (Å²) in [5, 5.41) is 0. The van der Waals surface area contributed by atoms with E-state index in [0.717, 1.165) is 0 Å². The first-order chi connectivity index (χ1) is 1.41. The Balaban J connectivity index is -0.00000000667. The number of rotatable bonds is 0. The molecule has 0 aromatic heterocycles. The zero-order chi connectivity index (χ0) is 2.71. The van der Waals surface area contributed by atoms with Gasteiger partial charge in [0.25, 0.3) is 0 Å². The molecule has 0 unspecified atom stereocenters. The van der Waals surface area contributed by atoms with Gasteiger partial charge in [-0.2, -0.15) is 0 Å². The van der Waals surface area contributed by atoms with E-state index < -0.39 is 0 Å². The zero-order valence-electron chi connectivity index (χ0n) is 4.07. The number of carbonyl (C=O) groups excluding carboxylic acids is 1. The van der Waals surface area contributed by atoms with Crippen LogP contribution in [0.2, 0.25) is 0 Å². The molecule has 0 aliphatic rings. The second-order valence-electron chi connectivity index (χ2n) is 0.0891. The largest absolute Gasteiger partial charge is 2.00 e. The van der Waals surface area contributed by atoms with Gasteiger partial charge in [-0.15, -0.1) is 0 Å². The molecular formula is CH3CaClO. The van der Waals surface area contributed by atoms with Crippen LogP contribution in [0.5, 0.6) is 0 Å². The van der Waals surface area contributed by atoms with E-state index in [9.17, 15) is 0 Å². The van der Waals surface area contributed by atoms with Crippen LogP contribution < -0.4 is 0 Å². The first kappa shape index (κ1) is 8.97. The molecule has 0 aliphatic carbocycles. The molecule has 0 atom stereocenters. The maximum Gasteiger partial charge on any atom is 2.00 e. The van der Waals surface area contributed by atoms with Crippen molar-refractivity contribution in [3.05, 3.63) is 0 Å². The zero-order valence-corrected chi connectivity index (χ0v) is 5.03. The van der Waals surface area contributed by atoms with Crippen LogP contribution in [0.3, 0.4) is 0 Å². The average Bonchev–Trinajstić information content (AvgIpc) is 0.918. The summed E-state index contributed by atoms with van der Waals surface area (Å²) in [6.07, 6.45) is 0. The van der Waals surface area contributed by atoms with E-state index in [1.807, 2.05) is 0 Å². The van der Waals surface area contributed by atoms with Crippen LogP contribution in [0.4, 0.5) is 0 Å². The summed E-state index contributed by atoms with van der Waals surface area (Å²) < 4.78 is 0. The van der Waals surface area contributed by atoms with E-state index in [-0.39, 0.29) is 46.3 Å². The number of hydrogen-bond donors (Lipinski definition) is 0. The van der Waals surface area contributed by atoms with E-state index in [1.165, 1.54) is 0 Å². The van der Waals surface area contributed by atoms with Crippen LogP contribution >= 0.6 is 11.6 Å². The quantitative estimate of drug-likeness (QED) is 0.246. The first-order valence-electron chi connectivity index (χ1n) is 0.454. The van der Waals surface area contributed by atoms with Gasteiger partial charge in [-0.3, -0.25) is 4.79 Å². The molecule has 0 aromatic rings. The van der Waals surface area contributed by atoms with Crippen LogP contribution in [-0.2, 0) is 4.79 Å². The molecule has 0 bridgehead atoms. The van der Waals surface area contributed by atoms with Crippen molar-refractivity contribution in [3.8, 4) is 0 Å². The van der Waals surface area contributed by atoms with Gasteiger partial charge in [0.15, 0.2) is 0 Å². The van der Waals surface area contributed by atoms with Gasteiger partial charge in [0.2, 0.25) is 5.75 Å². The monoisotopic (exact) mass is 106 g/mol. The fraction of sp³-hybridized carbons (Fsp3) is 0. The Morgan fingerprint density at radius 2 is 2.00 bits per heavy atom. The van der Waals surface area contributed by atoms with Crippen molar-refractivity contribution in [1.29, 1.82) is 0 Å². The van der Waals surface area contributed by atoms with Gasteiger partial charge in [0, 0.05) is 0 Å². The van der Waals surface area contributed by atoms with Crippen LogP contribution in [0, 0.1) is 0 Å². The molecule has 0 aliphatic heterocycles. The predicted molar refractivity (Wildman–Crippen MR) is 20.6 cm³/mol. The number of hydrogen-bond acceptors (Lipinski definition) is 1. The van der Waals surface area contributed by atoms with E-state index in [2.05, 4.69) is 11.6 Å². The second-order valence-corrected chi connectivity index (χ2v) is 0.267. The minimum atomic E-state index is 0. The van der Waals surface area contributed by atoms with Crippen LogP contribution in [0.15, 0.2) is 0 Å². The van der Waals surface area contributed by atoms with E-state index in [1.54, 1.807) is 0 Å². The van der Waals surface area contributed by atoms with E-state index in [4.69, 9.17) is 4.79 Å². The van der Waals surface area contributed by atoms with Gasteiger partial charge in [-0.05, 0) is 11.6 Å². The molecule has 0 N–H and O–H groups in total. The third-order valence-corrected chi connectivity index (χ3v) is 0. The third-order valence-electron chi connectivity index (χ3n) is 0. The first-order valence-corrected chi connectivity index (χ1v) is 0.890. The van der Waals surface area contributed by atoms with Gasteiger partial charge in [0.1, 0.15) is 0 Å². The van der Waals surface area contributed by atoms with Gasteiger partial charge in [-0.25, -0.2) is 0 Å². The fourth-order valence-corrected chi connectivity index (χ4v) is 0. The Morgan fingerprint density at radius 3 is 2.00 bits per heavy atom. The van der Waals surface area contributed by atoms with Crippen molar-refractivity contribution in [1.82, 2.24) is 0 Å². The Kier molecular flexibility index (Phi) is 19.9. The second kappa shape index (κ2) is 8.88. The summed E-state index contributed by atoms with van der Waals surface area (Å²) in [5.41, 5.74) is 0. The topological polar surface area (TPSA) is 17.1 Å². The molecule has 0 radical (unpaired) electrons. The Hall–Kier alpha value is 1.22. The minimum absolute atomic E-state index is 0. The van der Waals surface area contributed by atoms with Gasteiger partial charge >= 0.3 is 37.7 Å². The Labute approximate surface area is 62.3 Å². The molecule has 0 fully saturated rings. The summed E-state index contributed by atoms with van der Waals surface area (Å²) in [7, 11) is 0. The normalized spacial score (nSPS) is 3.25. The minimum Gasteiger partial charge on any atom is -1.00 e. The van der Waals surface area contributed by atoms with Crippen molar-refractivity contribution in [2.45, 2.75) is 0 Å². The van der Waals surface area contributed by atoms with E-state index in [0.29, 0.717) is 0 Å². The molecule has 0 rings (SSSR count). The molecule has 3 heteroatoms. The third kappa shape index (κ3) is 10.7. The predicted octanol–water partition coefficient (Wildman–Crippen LogP) is 0.260. The summed E-state index contributed by atoms with van der Waals surface area (Å²) in [5.74, 6) is 0.222. The summed E-state index contributed by atoms with van der Waals surface area (Å²) >= 11 is 4.32.